The minimum absolute atomic E-state index is 0.00728. The third kappa shape index (κ3) is 10.5. The number of hydrogen-bond acceptors (Lipinski definition) is 9. The van der Waals surface area contributed by atoms with Crippen LogP contribution in [0.3, 0.4) is 0 Å². The van der Waals surface area contributed by atoms with E-state index >= 15 is 0 Å². The van der Waals surface area contributed by atoms with Crippen molar-refractivity contribution in [2.24, 2.45) is 0 Å². The first-order chi connectivity index (χ1) is 17.2. The smallest absolute Gasteiger partial charge is 0.220 e. The van der Waals surface area contributed by atoms with E-state index < -0.39 is 43.5 Å². The van der Waals surface area contributed by atoms with Gasteiger partial charge in [0.25, 0.3) is 0 Å². The summed E-state index contributed by atoms with van der Waals surface area (Å²) in [5.74, 6) is -0.955. The number of rotatable bonds is 17. The molecule has 7 N–H and O–H groups in total. The molecule has 0 aliphatic carbocycles. The lowest BCUT2D eigenvalue weighted by Crippen LogP contribution is -2.52. The fraction of sp³-hybridized carbons (Fsp3) is 0.708. The van der Waals surface area contributed by atoms with Gasteiger partial charge in [0.1, 0.15) is 12.1 Å². The molecule has 5 atom stereocenters. The predicted molar refractivity (Wildman–Crippen MR) is 131 cm³/mol. The molecule has 1 aromatic heterocycles. The van der Waals surface area contributed by atoms with Gasteiger partial charge in [0, 0.05) is 31.9 Å². The summed E-state index contributed by atoms with van der Waals surface area (Å²) in [6.45, 7) is 4.50. The van der Waals surface area contributed by atoms with Crippen LogP contribution < -0.4 is 16.0 Å². The van der Waals surface area contributed by atoms with Gasteiger partial charge in [-0.25, -0.2) is 0 Å². The number of carbonyl (C=O) groups excluding carboxylic acids is 3. The van der Waals surface area contributed by atoms with Crippen molar-refractivity contribution in [2.75, 3.05) is 13.2 Å². The predicted octanol–water partition coefficient (Wildman–Crippen LogP) is -0.747. The van der Waals surface area contributed by atoms with Crippen molar-refractivity contribution in [1.29, 1.82) is 0 Å². The van der Waals surface area contributed by atoms with Crippen LogP contribution in [-0.4, -0.2) is 85.6 Å². The molecule has 3 amide bonds. The van der Waals surface area contributed by atoms with Crippen LogP contribution in [0.4, 0.5) is 0 Å². The number of nitrogens with one attached hydrogen (secondary N) is 3. The number of amides is 3. The van der Waals surface area contributed by atoms with E-state index in [-0.39, 0.29) is 49.1 Å². The number of hydrogen-bond donors (Lipinski definition) is 7. The highest BCUT2D eigenvalue weighted by Crippen LogP contribution is 2.18. The van der Waals surface area contributed by atoms with Crippen molar-refractivity contribution in [3.05, 3.63) is 23.8 Å². The largest absolute Gasteiger partial charge is 0.394 e. The van der Waals surface area contributed by atoms with Crippen molar-refractivity contribution >= 4 is 17.7 Å². The zero-order valence-corrected chi connectivity index (χ0v) is 21.3. The Morgan fingerprint density at radius 2 is 1.28 bits per heavy atom. The normalized spacial score (nSPS) is 15.3. The molecule has 0 aliphatic heterocycles. The van der Waals surface area contributed by atoms with Crippen molar-refractivity contribution in [2.45, 2.75) is 96.1 Å². The number of carbonyl (C=O) groups is 3. The van der Waals surface area contributed by atoms with E-state index in [9.17, 15) is 34.8 Å². The molecule has 1 rings (SSSR count). The molecular weight excluding hydrogens is 470 g/mol. The van der Waals surface area contributed by atoms with Crippen LogP contribution >= 0.6 is 0 Å². The van der Waals surface area contributed by atoms with Crippen molar-refractivity contribution in [3.8, 4) is 0 Å². The van der Waals surface area contributed by atoms with Gasteiger partial charge in [0.2, 0.25) is 17.7 Å². The first-order valence-electron chi connectivity index (χ1n) is 12.5. The van der Waals surface area contributed by atoms with Gasteiger partial charge in [-0.05, 0) is 19.3 Å². The van der Waals surface area contributed by atoms with E-state index in [0.717, 1.165) is 0 Å². The molecule has 12 heteroatoms. The van der Waals surface area contributed by atoms with E-state index in [1.54, 1.807) is 0 Å². The third-order valence-electron chi connectivity index (χ3n) is 5.51. The van der Waals surface area contributed by atoms with E-state index in [2.05, 4.69) is 25.9 Å². The average Bonchev–Trinajstić information content (AvgIpc) is 2.85. The highest BCUT2D eigenvalue weighted by molar-refractivity contribution is 5.77. The van der Waals surface area contributed by atoms with Gasteiger partial charge >= 0.3 is 0 Å². The maximum Gasteiger partial charge on any atom is 0.220 e. The highest BCUT2D eigenvalue weighted by atomic mass is 16.3. The zero-order chi connectivity index (χ0) is 27.1. The molecule has 0 spiro atoms. The first-order valence-corrected chi connectivity index (χ1v) is 12.5. The Morgan fingerprint density at radius 3 is 1.72 bits per heavy atom. The summed E-state index contributed by atoms with van der Waals surface area (Å²) in [4.78, 5) is 44.7. The molecule has 204 valence electrons. The summed E-state index contributed by atoms with van der Waals surface area (Å²) in [7, 11) is 0. The topological polar surface area (TPSA) is 194 Å². The summed E-state index contributed by atoms with van der Waals surface area (Å²) in [5.41, 5.74) is 0.556. The molecular formula is C24H41N5O7. The molecule has 1 aromatic rings. The molecule has 0 aliphatic rings. The number of aliphatic hydroxyl groups excluding tert-OH is 4. The molecule has 0 saturated heterocycles. The Kier molecular flexibility index (Phi) is 14.7. The second-order valence-corrected chi connectivity index (χ2v) is 8.70. The molecule has 0 radical (unpaired) electrons. The molecule has 0 bridgehead atoms. The van der Waals surface area contributed by atoms with Crippen LogP contribution in [0.1, 0.15) is 76.7 Å². The fourth-order valence-electron chi connectivity index (χ4n) is 3.54. The van der Waals surface area contributed by atoms with Crippen LogP contribution in [0.5, 0.6) is 0 Å². The molecule has 0 unspecified atom stereocenters. The van der Waals surface area contributed by atoms with Crippen LogP contribution in [0.25, 0.3) is 0 Å². The number of nitrogens with zero attached hydrogens (tertiary/aromatic N) is 2. The summed E-state index contributed by atoms with van der Waals surface area (Å²) in [6, 6.07) is -2.98. The lowest BCUT2D eigenvalue weighted by atomic mass is 9.99. The van der Waals surface area contributed by atoms with Gasteiger partial charge in [-0.2, -0.15) is 0 Å². The zero-order valence-electron chi connectivity index (χ0n) is 21.3. The van der Waals surface area contributed by atoms with E-state index in [4.69, 9.17) is 0 Å². The minimum atomic E-state index is -1.39. The summed E-state index contributed by atoms with van der Waals surface area (Å²) in [5, 5.41) is 48.5. The number of aliphatic hydroxyl groups is 4. The van der Waals surface area contributed by atoms with E-state index in [0.29, 0.717) is 25.0 Å². The fourth-order valence-corrected chi connectivity index (χ4v) is 3.54. The minimum Gasteiger partial charge on any atom is -0.394 e. The van der Waals surface area contributed by atoms with Crippen LogP contribution in [-0.2, 0) is 20.8 Å². The standard InChI is InChI=1S/C24H41N5O7/c1-4-7-20(33)27-17(13-30)19(32)10-15-11-26-16(12-25-15)23(29-22(35)9-6-3)24(36)18(14-31)28-21(34)8-5-2/h11-12,17-19,23-24,30-32,36H,4-10,13-14H2,1-3H3,(H,27,33)(H,28,34)(H,29,35)/t17-,18-,19+,23-,24-/m1/s1. The quantitative estimate of drug-likeness (QED) is 0.141. The van der Waals surface area contributed by atoms with Gasteiger partial charge in [-0.15, -0.1) is 0 Å². The Hall–Kier alpha value is -2.67. The second-order valence-electron chi connectivity index (χ2n) is 8.70. The van der Waals surface area contributed by atoms with Gasteiger partial charge in [-0.3, -0.25) is 24.4 Å². The highest BCUT2D eigenvalue weighted by Gasteiger charge is 2.32. The molecule has 0 saturated carbocycles. The Morgan fingerprint density at radius 1 is 0.778 bits per heavy atom. The summed E-state index contributed by atoms with van der Waals surface area (Å²) >= 11 is 0. The molecule has 0 aromatic carbocycles. The SMILES string of the molecule is CCCC(=O)N[C@H](c1cnc(C[C@H](O)[C@@H](CO)NC(=O)CCC)cn1)[C@H](O)[C@@H](CO)NC(=O)CCC. The maximum absolute atomic E-state index is 12.3. The average molecular weight is 512 g/mol. The Bertz CT molecular complexity index is 809. The summed E-state index contributed by atoms with van der Waals surface area (Å²) < 4.78 is 0. The Balaban J connectivity index is 3.04. The van der Waals surface area contributed by atoms with E-state index in [1.807, 2.05) is 20.8 Å². The number of aromatic nitrogens is 2. The van der Waals surface area contributed by atoms with Crippen LogP contribution in [0.2, 0.25) is 0 Å². The Labute approximate surface area is 211 Å². The van der Waals surface area contributed by atoms with Crippen molar-refractivity contribution in [3.63, 3.8) is 0 Å². The molecule has 12 nitrogen and oxygen atoms in total. The molecule has 36 heavy (non-hydrogen) atoms. The van der Waals surface area contributed by atoms with Crippen molar-refractivity contribution < 1.29 is 34.8 Å². The monoisotopic (exact) mass is 511 g/mol. The van der Waals surface area contributed by atoms with E-state index in [1.165, 1.54) is 12.4 Å². The van der Waals surface area contributed by atoms with Crippen LogP contribution in [0, 0.1) is 0 Å². The van der Waals surface area contributed by atoms with Crippen molar-refractivity contribution in [1.82, 2.24) is 25.9 Å². The third-order valence-corrected chi connectivity index (χ3v) is 5.51. The van der Waals surface area contributed by atoms with Gasteiger partial charge in [0.05, 0.1) is 49.0 Å². The lowest BCUT2D eigenvalue weighted by Gasteiger charge is -2.30. The first kappa shape index (κ1) is 31.4. The van der Waals surface area contributed by atoms with Crippen LogP contribution in [0.15, 0.2) is 12.4 Å². The van der Waals surface area contributed by atoms with Gasteiger partial charge < -0.3 is 36.4 Å². The van der Waals surface area contributed by atoms with Gasteiger partial charge in [-0.1, -0.05) is 20.8 Å². The molecule has 1 heterocycles. The molecule has 0 fully saturated rings. The summed E-state index contributed by atoms with van der Waals surface area (Å²) in [6.07, 6.45) is 2.68. The van der Waals surface area contributed by atoms with Gasteiger partial charge in [0.15, 0.2) is 0 Å². The second kappa shape index (κ2) is 16.9. The lowest BCUT2D eigenvalue weighted by molar-refractivity contribution is -0.125. The maximum atomic E-state index is 12.3.